The summed E-state index contributed by atoms with van der Waals surface area (Å²) in [6, 6.07) is 8.93. The Bertz CT molecular complexity index is 672. The third kappa shape index (κ3) is 2.26. The summed E-state index contributed by atoms with van der Waals surface area (Å²) in [6.45, 7) is 0. The van der Waals surface area contributed by atoms with Gasteiger partial charge < -0.3 is 9.15 Å². The minimum Gasteiger partial charge on any atom is -0.443 e. The van der Waals surface area contributed by atoms with E-state index in [4.69, 9.17) is 9.15 Å². The monoisotopic (exact) mass is 259 g/mol. The number of thiophene rings is 1. The molecule has 5 heteroatoms. The molecule has 90 valence electrons. The van der Waals surface area contributed by atoms with Gasteiger partial charge in [-0.2, -0.15) is 0 Å². The number of nitrogens with zero attached hydrogens (tertiary/aromatic N) is 1. The molecule has 0 spiro atoms. The molecule has 0 N–H and O–H groups in total. The molecule has 2 heterocycles. The second kappa shape index (κ2) is 4.62. The molecule has 0 bridgehead atoms. The predicted molar refractivity (Wildman–Crippen MR) is 67.7 cm³/mol. The third-order valence-electron chi connectivity index (χ3n) is 2.43. The molecule has 0 saturated heterocycles. The minimum absolute atomic E-state index is 0.278. The van der Waals surface area contributed by atoms with E-state index in [9.17, 15) is 4.79 Å². The summed E-state index contributed by atoms with van der Waals surface area (Å²) in [5, 5.41) is 1.93. The molecule has 0 saturated carbocycles. The van der Waals surface area contributed by atoms with Gasteiger partial charge in [-0.3, -0.25) is 4.79 Å². The van der Waals surface area contributed by atoms with Gasteiger partial charge in [-0.15, -0.1) is 11.3 Å². The number of hydrogen-bond acceptors (Lipinski definition) is 5. The number of fused-ring (bicyclic) bond motifs is 1. The fourth-order valence-corrected chi connectivity index (χ4v) is 2.31. The fraction of sp³-hybridized carbons (Fsp3) is 0.0769. The lowest BCUT2D eigenvalue weighted by molar-refractivity contribution is -0.133. The lowest BCUT2D eigenvalue weighted by atomic mass is 10.3. The Hall–Kier alpha value is -2.14. The standard InChI is InChI=1S/C13H9NO3S/c15-13(7-10-2-1-5-18-10)17-9-3-4-12-11(6-9)14-8-16-12/h1-6,8H,7H2. The smallest absolute Gasteiger partial charge is 0.316 e. The molecule has 18 heavy (non-hydrogen) atoms. The van der Waals surface area contributed by atoms with Crippen molar-refractivity contribution in [2.75, 3.05) is 0 Å². The number of esters is 1. The highest BCUT2D eigenvalue weighted by molar-refractivity contribution is 7.10. The molecule has 0 radical (unpaired) electrons. The van der Waals surface area contributed by atoms with Gasteiger partial charge in [0, 0.05) is 10.9 Å². The Morgan fingerprint density at radius 3 is 3.17 bits per heavy atom. The molecule has 0 aliphatic heterocycles. The summed E-state index contributed by atoms with van der Waals surface area (Å²) in [5.41, 5.74) is 1.35. The Morgan fingerprint density at radius 2 is 2.33 bits per heavy atom. The zero-order chi connectivity index (χ0) is 12.4. The number of carbonyl (C=O) groups is 1. The van der Waals surface area contributed by atoms with Crippen LogP contribution < -0.4 is 4.74 Å². The average Bonchev–Trinajstić information content (AvgIpc) is 2.98. The van der Waals surface area contributed by atoms with Gasteiger partial charge in [-0.25, -0.2) is 4.98 Å². The summed E-state index contributed by atoms with van der Waals surface area (Å²) in [5.74, 6) is 0.207. The number of hydrogen-bond donors (Lipinski definition) is 0. The third-order valence-corrected chi connectivity index (χ3v) is 3.31. The fourth-order valence-electron chi connectivity index (χ4n) is 1.62. The van der Waals surface area contributed by atoms with Gasteiger partial charge in [0.2, 0.25) is 0 Å². The zero-order valence-electron chi connectivity index (χ0n) is 9.33. The SMILES string of the molecule is O=C(Cc1cccs1)Oc1ccc2ocnc2c1. The van der Waals surface area contributed by atoms with Crippen LogP contribution in [0.25, 0.3) is 11.1 Å². The molecule has 3 rings (SSSR count). The molecule has 0 fully saturated rings. The number of benzene rings is 1. The molecule has 1 aromatic carbocycles. The van der Waals surface area contributed by atoms with Crippen LogP contribution >= 0.6 is 11.3 Å². The van der Waals surface area contributed by atoms with Gasteiger partial charge in [0.05, 0.1) is 6.42 Å². The second-order valence-corrected chi connectivity index (χ2v) is 4.74. The number of oxazole rings is 1. The van der Waals surface area contributed by atoms with E-state index in [1.54, 1.807) is 18.2 Å². The van der Waals surface area contributed by atoms with Crippen molar-refractivity contribution in [3.8, 4) is 5.75 Å². The van der Waals surface area contributed by atoms with Crippen LogP contribution in [0.15, 0.2) is 46.5 Å². The predicted octanol–water partition coefficient (Wildman–Crippen LogP) is 3.04. The van der Waals surface area contributed by atoms with Crippen molar-refractivity contribution >= 4 is 28.4 Å². The van der Waals surface area contributed by atoms with Crippen LogP contribution in [0.3, 0.4) is 0 Å². The molecule has 2 aromatic heterocycles. The molecular weight excluding hydrogens is 250 g/mol. The molecule has 4 nitrogen and oxygen atoms in total. The minimum atomic E-state index is -0.278. The number of ether oxygens (including phenoxy) is 1. The van der Waals surface area contributed by atoms with Crippen molar-refractivity contribution in [1.29, 1.82) is 0 Å². The molecular formula is C13H9NO3S. The largest absolute Gasteiger partial charge is 0.443 e. The Balaban J connectivity index is 1.73. The van der Waals surface area contributed by atoms with Crippen LogP contribution in [-0.2, 0) is 11.2 Å². The maximum atomic E-state index is 11.7. The van der Waals surface area contributed by atoms with E-state index >= 15 is 0 Å². The number of rotatable bonds is 3. The quantitative estimate of drug-likeness (QED) is 0.536. The molecule has 0 amide bonds. The first kappa shape index (κ1) is 11.0. The van der Waals surface area contributed by atoms with Crippen molar-refractivity contribution in [2.24, 2.45) is 0 Å². The maximum Gasteiger partial charge on any atom is 0.316 e. The van der Waals surface area contributed by atoms with Crippen molar-refractivity contribution < 1.29 is 13.9 Å². The van der Waals surface area contributed by atoms with E-state index in [1.807, 2.05) is 17.5 Å². The summed E-state index contributed by atoms with van der Waals surface area (Å²) in [7, 11) is 0. The highest BCUT2D eigenvalue weighted by atomic mass is 32.1. The maximum absolute atomic E-state index is 11.7. The summed E-state index contributed by atoms with van der Waals surface area (Å²) in [6.07, 6.45) is 1.65. The summed E-state index contributed by atoms with van der Waals surface area (Å²) in [4.78, 5) is 16.7. The highest BCUT2D eigenvalue weighted by Crippen LogP contribution is 2.20. The van der Waals surface area contributed by atoms with Gasteiger partial charge in [-0.05, 0) is 23.6 Å². The van der Waals surface area contributed by atoms with Crippen molar-refractivity contribution in [1.82, 2.24) is 4.98 Å². The molecule has 0 unspecified atom stereocenters. The lowest BCUT2D eigenvalue weighted by Gasteiger charge is -2.02. The molecule has 0 aliphatic rings. The van der Waals surface area contributed by atoms with Crippen molar-refractivity contribution in [3.63, 3.8) is 0 Å². The van der Waals surface area contributed by atoms with Gasteiger partial charge >= 0.3 is 5.97 Å². The van der Waals surface area contributed by atoms with Crippen LogP contribution in [0.1, 0.15) is 4.88 Å². The number of carbonyl (C=O) groups excluding carboxylic acids is 1. The van der Waals surface area contributed by atoms with E-state index in [1.165, 1.54) is 17.7 Å². The second-order valence-electron chi connectivity index (χ2n) is 3.71. The molecule has 0 atom stereocenters. The van der Waals surface area contributed by atoms with Gasteiger partial charge in [-0.1, -0.05) is 6.07 Å². The molecule has 0 aliphatic carbocycles. The van der Waals surface area contributed by atoms with Gasteiger partial charge in [0.25, 0.3) is 0 Å². The number of aromatic nitrogens is 1. The van der Waals surface area contributed by atoms with Crippen LogP contribution in [0.5, 0.6) is 5.75 Å². The lowest BCUT2D eigenvalue weighted by Crippen LogP contribution is -2.10. The highest BCUT2D eigenvalue weighted by Gasteiger charge is 2.08. The average molecular weight is 259 g/mol. The van der Waals surface area contributed by atoms with Crippen molar-refractivity contribution in [3.05, 3.63) is 47.0 Å². The van der Waals surface area contributed by atoms with Crippen LogP contribution in [0.2, 0.25) is 0 Å². The first-order valence-electron chi connectivity index (χ1n) is 5.37. The van der Waals surface area contributed by atoms with Crippen LogP contribution in [0.4, 0.5) is 0 Å². The first-order valence-corrected chi connectivity index (χ1v) is 6.25. The summed E-state index contributed by atoms with van der Waals surface area (Å²) < 4.78 is 10.4. The van der Waals surface area contributed by atoms with E-state index in [-0.39, 0.29) is 12.4 Å². The van der Waals surface area contributed by atoms with Gasteiger partial charge in [0.1, 0.15) is 11.3 Å². The molecule has 3 aromatic rings. The van der Waals surface area contributed by atoms with Gasteiger partial charge in [0.15, 0.2) is 12.0 Å². The normalized spacial score (nSPS) is 10.7. The zero-order valence-corrected chi connectivity index (χ0v) is 10.1. The van der Waals surface area contributed by atoms with Crippen LogP contribution in [-0.4, -0.2) is 11.0 Å². The van der Waals surface area contributed by atoms with E-state index < -0.39 is 0 Å². The van der Waals surface area contributed by atoms with Crippen molar-refractivity contribution in [2.45, 2.75) is 6.42 Å². The Kier molecular flexibility index (Phi) is 2.82. The summed E-state index contributed by atoms with van der Waals surface area (Å²) >= 11 is 1.54. The van der Waals surface area contributed by atoms with Crippen LogP contribution in [0, 0.1) is 0 Å². The first-order chi connectivity index (χ1) is 8.81. The Morgan fingerprint density at radius 1 is 1.39 bits per heavy atom. The van der Waals surface area contributed by atoms with E-state index in [0.29, 0.717) is 16.8 Å². The van der Waals surface area contributed by atoms with E-state index in [0.717, 1.165) is 4.88 Å². The topological polar surface area (TPSA) is 52.3 Å². The Labute approximate surface area is 107 Å². The van der Waals surface area contributed by atoms with E-state index in [2.05, 4.69) is 4.98 Å².